The van der Waals surface area contributed by atoms with Crippen LogP contribution in [-0.2, 0) is 17.6 Å². The fourth-order valence-corrected chi connectivity index (χ4v) is 9.06. The quantitative estimate of drug-likeness (QED) is 0.365. The third-order valence-corrected chi connectivity index (χ3v) is 11.7. The van der Waals surface area contributed by atoms with Crippen LogP contribution in [0.4, 0.5) is 4.39 Å². The highest BCUT2D eigenvalue weighted by Gasteiger charge is 2.49. The smallest absolute Gasteiger partial charge is 0.126 e. The Balaban J connectivity index is 1.12. The number of fused-ring (bicyclic) bond motifs is 6. The average Bonchev–Trinajstić information content (AvgIpc) is 3.48. The number of halogens is 1. The van der Waals surface area contributed by atoms with Gasteiger partial charge in [0.25, 0.3) is 0 Å². The van der Waals surface area contributed by atoms with Crippen LogP contribution in [0.1, 0.15) is 82.3 Å². The minimum absolute atomic E-state index is 0.0792. The van der Waals surface area contributed by atoms with Gasteiger partial charge in [0.1, 0.15) is 11.5 Å². The number of nitrogens with zero attached hydrogens (tertiary/aromatic N) is 1. The van der Waals surface area contributed by atoms with Gasteiger partial charge >= 0.3 is 0 Å². The molecule has 7 unspecified atom stereocenters. The van der Waals surface area contributed by atoms with Crippen molar-refractivity contribution in [1.29, 1.82) is 0 Å². The average molecular weight is 577 g/mol. The Labute approximate surface area is 256 Å². The molecule has 1 aromatic rings. The minimum atomic E-state index is -1.15. The SMILES string of the molecule is CC1CC(C2(C)C=CC(C)(F)CC2)CC=C1C1=CCNC(n2c3c(c4c2CC2OC5(C)C=CC=CC5C2=C4)CCC=C3)=C1. The molecule has 224 valence electrons. The van der Waals surface area contributed by atoms with Crippen LogP contribution in [0.5, 0.6) is 0 Å². The molecule has 7 atom stereocenters. The van der Waals surface area contributed by atoms with Gasteiger partial charge in [-0.05, 0) is 110 Å². The molecule has 1 fully saturated rings. The van der Waals surface area contributed by atoms with Crippen molar-refractivity contribution < 1.29 is 9.13 Å². The second-order valence-electron chi connectivity index (χ2n) is 14.8. The van der Waals surface area contributed by atoms with Gasteiger partial charge in [-0.15, -0.1) is 0 Å². The third-order valence-electron chi connectivity index (χ3n) is 11.7. The number of rotatable bonds is 3. The molecule has 1 N–H and O–H groups in total. The van der Waals surface area contributed by atoms with Crippen molar-refractivity contribution in [2.75, 3.05) is 6.54 Å². The van der Waals surface area contributed by atoms with E-state index in [1.807, 2.05) is 6.08 Å². The van der Waals surface area contributed by atoms with Crippen molar-refractivity contribution in [2.24, 2.45) is 23.2 Å². The second-order valence-corrected chi connectivity index (χ2v) is 14.8. The van der Waals surface area contributed by atoms with E-state index >= 15 is 0 Å². The van der Waals surface area contributed by atoms with Gasteiger partial charge in [0, 0.05) is 24.6 Å². The lowest BCUT2D eigenvalue weighted by Gasteiger charge is -2.43. The number of dihydropyridines is 1. The van der Waals surface area contributed by atoms with Gasteiger partial charge in [0.05, 0.1) is 17.4 Å². The highest BCUT2D eigenvalue weighted by atomic mass is 19.1. The van der Waals surface area contributed by atoms with Gasteiger partial charge in [0.15, 0.2) is 0 Å². The summed E-state index contributed by atoms with van der Waals surface area (Å²) in [7, 11) is 0. The summed E-state index contributed by atoms with van der Waals surface area (Å²) in [6.45, 7) is 9.51. The first kappa shape index (κ1) is 27.4. The summed E-state index contributed by atoms with van der Waals surface area (Å²) < 4.78 is 23.8. The van der Waals surface area contributed by atoms with Gasteiger partial charge in [-0.3, -0.25) is 4.57 Å². The fraction of sp³-hybridized carbons (Fsp3) is 0.487. The van der Waals surface area contributed by atoms with E-state index in [0.717, 1.165) is 45.1 Å². The molecule has 3 nitrogen and oxygen atoms in total. The predicted octanol–water partition coefficient (Wildman–Crippen LogP) is 8.67. The summed E-state index contributed by atoms with van der Waals surface area (Å²) >= 11 is 0. The van der Waals surface area contributed by atoms with E-state index in [4.69, 9.17) is 4.74 Å². The minimum Gasteiger partial charge on any atom is -0.368 e. The van der Waals surface area contributed by atoms with Crippen molar-refractivity contribution in [1.82, 2.24) is 9.88 Å². The van der Waals surface area contributed by atoms with Gasteiger partial charge in [0.2, 0.25) is 0 Å². The first-order valence-corrected chi connectivity index (χ1v) is 16.6. The monoisotopic (exact) mass is 576 g/mol. The Morgan fingerprint density at radius 1 is 1.05 bits per heavy atom. The van der Waals surface area contributed by atoms with E-state index in [9.17, 15) is 4.39 Å². The molecule has 1 aromatic heterocycles. The number of alkyl halides is 1. The maximum absolute atomic E-state index is 14.5. The molecule has 1 saturated heterocycles. The molecule has 0 bridgehead atoms. The zero-order valence-corrected chi connectivity index (χ0v) is 26.1. The van der Waals surface area contributed by atoms with Crippen molar-refractivity contribution in [3.05, 3.63) is 100.0 Å². The number of hydrogen-bond acceptors (Lipinski definition) is 2. The summed E-state index contributed by atoms with van der Waals surface area (Å²) in [6, 6.07) is 0. The molecule has 2 aliphatic heterocycles. The molecule has 0 amide bonds. The number of allylic oxidation sites excluding steroid dienone is 9. The van der Waals surface area contributed by atoms with Gasteiger partial charge in [-0.25, -0.2) is 4.39 Å². The molecule has 43 heavy (non-hydrogen) atoms. The standard InChI is InChI=1S/C39H45FN2O/c1-25-21-27(37(2)16-18-38(3,40)19-17-37)12-13-28(25)26-14-20-41-36(22-26)42-33-11-6-5-9-29(33)30-23-31-32-10-7-8-15-39(32,4)43-35(31)24-34(30)42/h6-8,10-11,13-16,18,22-23,25,27,32,35,41H,5,9,12,17,19-21,24H2,1-4H3. The highest BCUT2D eigenvalue weighted by molar-refractivity contribution is 5.76. The summed E-state index contributed by atoms with van der Waals surface area (Å²) in [4.78, 5) is 0. The molecule has 8 rings (SSSR count). The topological polar surface area (TPSA) is 26.2 Å². The van der Waals surface area contributed by atoms with E-state index in [1.165, 1.54) is 45.1 Å². The molecule has 3 heterocycles. The Morgan fingerprint density at radius 3 is 2.74 bits per heavy atom. The summed E-state index contributed by atoms with van der Waals surface area (Å²) in [5.74, 6) is 2.52. The normalized spacial score (nSPS) is 39.1. The zero-order valence-electron chi connectivity index (χ0n) is 26.1. The Morgan fingerprint density at radius 2 is 1.93 bits per heavy atom. The fourth-order valence-electron chi connectivity index (χ4n) is 9.06. The summed E-state index contributed by atoms with van der Waals surface area (Å²) in [5.41, 5.74) is 8.55. The first-order chi connectivity index (χ1) is 20.6. The van der Waals surface area contributed by atoms with Crippen molar-refractivity contribution in [2.45, 2.75) is 90.0 Å². The molecule has 4 heteroatoms. The van der Waals surface area contributed by atoms with Crippen LogP contribution in [0, 0.1) is 23.2 Å². The molecule has 0 aromatic carbocycles. The number of aromatic nitrogens is 1. The first-order valence-electron chi connectivity index (χ1n) is 16.6. The molecule has 0 spiro atoms. The van der Waals surface area contributed by atoms with Crippen LogP contribution in [0.2, 0.25) is 0 Å². The lowest BCUT2D eigenvalue weighted by atomic mass is 9.62. The van der Waals surface area contributed by atoms with Gasteiger partial charge < -0.3 is 10.1 Å². The Hall–Kier alpha value is -3.11. The molecular formula is C39H45FN2O. The Kier molecular flexibility index (Phi) is 6.19. The van der Waals surface area contributed by atoms with Crippen LogP contribution in [0.25, 0.3) is 18.0 Å². The summed E-state index contributed by atoms with van der Waals surface area (Å²) in [6.07, 6.45) is 34.3. The molecule has 0 saturated carbocycles. The number of nitrogens with one attached hydrogen (secondary N) is 1. The van der Waals surface area contributed by atoms with E-state index in [0.29, 0.717) is 24.2 Å². The van der Waals surface area contributed by atoms with Crippen LogP contribution >= 0.6 is 0 Å². The third kappa shape index (κ3) is 4.38. The Bertz CT molecular complexity index is 1620. The lowest BCUT2D eigenvalue weighted by Crippen LogP contribution is -2.35. The van der Waals surface area contributed by atoms with Crippen molar-refractivity contribution >= 4 is 18.0 Å². The number of hydrogen-bond donors (Lipinski definition) is 1. The predicted molar refractivity (Wildman–Crippen MR) is 175 cm³/mol. The molecule has 0 radical (unpaired) electrons. The molecule has 7 aliphatic rings. The zero-order chi connectivity index (χ0) is 29.6. The van der Waals surface area contributed by atoms with Crippen LogP contribution < -0.4 is 5.32 Å². The number of ether oxygens (including phenoxy) is 1. The van der Waals surface area contributed by atoms with Crippen LogP contribution in [0.15, 0.2) is 77.5 Å². The van der Waals surface area contributed by atoms with Crippen molar-refractivity contribution in [3.63, 3.8) is 0 Å². The van der Waals surface area contributed by atoms with E-state index in [2.05, 4.69) is 97.5 Å². The highest BCUT2D eigenvalue weighted by Crippen LogP contribution is 2.51. The maximum Gasteiger partial charge on any atom is 0.126 e. The lowest BCUT2D eigenvalue weighted by molar-refractivity contribution is -0.00199. The maximum atomic E-state index is 14.5. The van der Waals surface area contributed by atoms with E-state index in [1.54, 1.807) is 6.92 Å². The molecule has 5 aliphatic carbocycles. The van der Waals surface area contributed by atoms with Crippen molar-refractivity contribution in [3.8, 4) is 0 Å². The second kappa shape index (κ2) is 9.69. The van der Waals surface area contributed by atoms with E-state index in [-0.39, 0.29) is 17.1 Å². The largest absolute Gasteiger partial charge is 0.368 e. The van der Waals surface area contributed by atoms with Gasteiger partial charge in [-0.2, -0.15) is 0 Å². The van der Waals surface area contributed by atoms with Gasteiger partial charge in [-0.1, -0.05) is 74.6 Å². The van der Waals surface area contributed by atoms with Crippen LogP contribution in [0.3, 0.4) is 0 Å². The van der Waals surface area contributed by atoms with E-state index < -0.39 is 5.67 Å². The summed E-state index contributed by atoms with van der Waals surface area (Å²) in [5, 5.41) is 3.75. The van der Waals surface area contributed by atoms with Crippen LogP contribution in [-0.4, -0.2) is 28.5 Å². The molecular weight excluding hydrogens is 531 g/mol.